The van der Waals surface area contributed by atoms with Gasteiger partial charge in [0.05, 0.1) is 24.1 Å². The van der Waals surface area contributed by atoms with Gasteiger partial charge in [0, 0.05) is 24.0 Å². The molecule has 0 spiro atoms. The van der Waals surface area contributed by atoms with Crippen LogP contribution >= 0.6 is 0 Å². The maximum absolute atomic E-state index is 12.8. The first-order valence-corrected chi connectivity index (χ1v) is 9.32. The Labute approximate surface area is 176 Å². The smallest absolute Gasteiger partial charge is 0.352 e. The van der Waals surface area contributed by atoms with Crippen molar-refractivity contribution in [1.82, 2.24) is 24.1 Å². The van der Waals surface area contributed by atoms with E-state index in [9.17, 15) is 14.4 Å². The van der Waals surface area contributed by atoms with E-state index in [4.69, 9.17) is 4.74 Å². The number of aromatic nitrogens is 5. The Balaban J connectivity index is 1.63. The number of fused-ring (bicyclic) bond motifs is 1. The van der Waals surface area contributed by atoms with E-state index in [1.54, 1.807) is 55.7 Å². The summed E-state index contributed by atoms with van der Waals surface area (Å²) in [6, 6.07) is 11.7. The molecule has 4 aromatic rings. The van der Waals surface area contributed by atoms with Gasteiger partial charge >= 0.3 is 11.7 Å². The number of hydrogen-bond acceptors (Lipinski definition) is 7. The standard InChI is InChI=1S/C21H18N6O4/c1-13-23-17(14-7-9-22-10-8-14)11-18-25-26(21(30)27(13)18)12-19(28)24-16-6-4-3-5-15(16)20(29)31-2/h3-11H,12H2,1-2H3,(H,24,28). The van der Waals surface area contributed by atoms with Crippen molar-refractivity contribution < 1.29 is 14.3 Å². The first-order valence-electron chi connectivity index (χ1n) is 9.32. The van der Waals surface area contributed by atoms with Crippen LogP contribution in [-0.4, -0.2) is 43.1 Å². The molecule has 1 aromatic carbocycles. The average Bonchev–Trinajstić information content (AvgIpc) is 3.09. The maximum atomic E-state index is 12.8. The van der Waals surface area contributed by atoms with Crippen LogP contribution in [0.15, 0.2) is 59.7 Å². The molecule has 10 nitrogen and oxygen atoms in total. The van der Waals surface area contributed by atoms with E-state index in [1.165, 1.54) is 17.6 Å². The largest absolute Gasteiger partial charge is 0.465 e. The van der Waals surface area contributed by atoms with Gasteiger partial charge in [-0.1, -0.05) is 12.1 Å². The highest BCUT2D eigenvalue weighted by molar-refractivity contribution is 6.01. The lowest BCUT2D eigenvalue weighted by atomic mass is 10.2. The Hall–Kier alpha value is -4.34. The lowest BCUT2D eigenvalue weighted by Gasteiger charge is -2.09. The molecule has 156 valence electrons. The number of amides is 1. The Morgan fingerprint density at radius 2 is 1.87 bits per heavy atom. The molecule has 0 bridgehead atoms. The maximum Gasteiger partial charge on any atom is 0.352 e. The number of ether oxygens (including phenoxy) is 1. The van der Waals surface area contributed by atoms with Gasteiger partial charge in [-0.25, -0.2) is 23.7 Å². The Bertz CT molecular complexity index is 1340. The summed E-state index contributed by atoms with van der Waals surface area (Å²) in [6.45, 7) is 1.36. The topological polar surface area (TPSA) is 120 Å². The van der Waals surface area contributed by atoms with Crippen molar-refractivity contribution in [2.24, 2.45) is 0 Å². The van der Waals surface area contributed by atoms with Crippen molar-refractivity contribution >= 4 is 23.2 Å². The minimum atomic E-state index is -0.578. The van der Waals surface area contributed by atoms with E-state index in [-0.39, 0.29) is 17.8 Å². The third-order valence-corrected chi connectivity index (χ3v) is 4.61. The molecule has 4 rings (SSSR count). The van der Waals surface area contributed by atoms with Gasteiger partial charge < -0.3 is 10.1 Å². The summed E-state index contributed by atoms with van der Waals surface area (Å²) in [7, 11) is 1.26. The number of methoxy groups -OCH3 is 1. The number of nitrogens with one attached hydrogen (secondary N) is 1. The molecule has 3 aromatic heterocycles. The van der Waals surface area contributed by atoms with Gasteiger partial charge in [0.1, 0.15) is 12.4 Å². The Morgan fingerprint density at radius 3 is 2.61 bits per heavy atom. The quantitative estimate of drug-likeness (QED) is 0.490. The fourth-order valence-electron chi connectivity index (χ4n) is 3.18. The Morgan fingerprint density at radius 1 is 1.13 bits per heavy atom. The number of anilines is 1. The highest BCUT2D eigenvalue weighted by Gasteiger charge is 2.17. The molecule has 0 radical (unpaired) electrons. The summed E-state index contributed by atoms with van der Waals surface area (Å²) < 4.78 is 7.11. The molecule has 0 aliphatic heterocycles. The number of hydrogen-bond donors (Lipinski definition) is 1. The van der Waals surface area contributed by atoms with Gasteiger partial charge in [0.2, 0.25) is 5.91 Å². The van der Waals surface area contributed by atoms with E-state index in [2.05, 4.69) is 20.4 Å². The monoisotopic (exact) mass is 418 g/mol. The third kappa shape index (κ3) is 3.90. The van der Waals surface area contributed by atoms with Crippen LogP contribution in [0.2, 0.25) is 0 Å². The molecule has 10 heteroatoms. The van der Waals surface area contributed by atoms with Gasteiger partial charge in [-0.3, -0.25) is 9.78 Å². The fraction of sp³-hybridized carbons (Fsp3) is 0.143. The molecule has 0 atom stereocenters. The number of aryl methyl sites for hydroxylation is 1. The summed E-state index contributed by atoms with van der Waals surface area (Å²) in [5, 5.41) is 6.90. The zero-order valence-electron chi connectivity index (χ0n) is 16.8. The van der Waals surface area contributed by atoms with Crippen molar-refractivity contribution in [1.29, 1.82) is 0 Å². The molecule has 0 saturated heterocycles. The van der Waals surface area contributed by atoms with Crippen molar-refractivity contribution in [2.45, 2.75) is 13.5 Å². The van der Waals surface area contributed by atoms with Gasteiger partial charge in [-0.2, -0.15) is 0 Å². The molecule has 0 saturated carbocycles. The van der Waals surface area contributed by atoms with Gasteiger partial charge in [-0.15, -0.1) is 5.10 Å². The number of nitrogens with zero attached hydrogens (tertiary/aromatic N) is 5. The highest BCUT2D eigenvalue weighted by atomic mass is 16.5. The van der Waals surface area contributed by atoms with E-state index >= 15 is 0 Å². The van der Waals surface area contributed by atoms with E-state index < -0.39 is 17.6 Å². The van der Waals surface area contributed by atoms with Crippen molar-refractivity contribution in [3.63, 3.8) is 0 Å². The van der Waals surface area contributed by atoms with Crippen LogP contribution in [0, 0.1) is 6.92 Å². The van der Waals surface area contributed by atoms with Crippen LogP contribution in [-0.2, 0) is 16.1 Å². The lowest BCUT2D eigenvalue weighted by Crippen LogP contribution is -2.29. The zero-order chi connectivity index (χ0) is 22.0. The lowest BCUT2D eigenvalue weighted by molar-refractivity contribution is -0.117. The third-order valence-electron chi connectivity index (χ3n) is 4.61. The summed E-state index contributed by atoms with van der Waals surface area (Å²) in [4.78, 5) is 45.6. The number of carbonyl (C=O) groups excluding carboxylic acids is 2. The molecule has 0 aliphatic rings. The number of benzene rings is 1. The molecule has 0 fully saturated rings. The molecule has 1 N–H and O–H groups in total. The van der Waals surface area contributed by atoms with Crippen LogP contribution in [0.25, 0.3) is 16.9 Å². The van der Waals surface area contributed by atoms with Crippen LogP contribution in [0.4, 0.5) is 5.69 Å². The number of para-hydroxylation sites is 1. The van der Waals surface area contributed by atoms with Crippen molar-refractivity contribution in [3.8, 4) is 11.3 Å². The van der Waals surface area contributed by atoms with E-state index in [1.807, 2.05) is 0 Å². The SMILES string of the molecule is COC(=O)c1ccccc1NC(=O)Cn1nc2cc(-c3ccncc3)nc(C)n2c1=O. The summed E-state index contributed by atoms with van der Waals surface area (Å²) in [5.74, 6) is -0.648. The molecule has 0 unspecified atom stereocenters. The molecular weight excluding hydrogens is 400 g/mol. The first kappa shape index (κ1) is 20.0. The molecule has 3 heterocycles. The predicted octanol–water partition coefficient (Wildman–Crippen LogP) is 1.69. The van der Waals surface area contributed by atoms with Gasteiger partial charge in [0.25, 0.3) is 0 Å². The second-order valence-corrected chi connectivity index (χ2v) is 6.64. The van der Waals surface area contributed by atoms with E-state index in [0.717, 1.165) is 10.2 Å². The second-order valence-electron chi connectivity index (χ2n) is 6.64. The van der Waals surface area contributed by atoms with Crippen LogP contribution in [0.3, 0.4) is 0 Å². The summed E-state index contributed by atoms with van der Waals surface area (Å²) in [6.07, 6.45) is 3.30. The van der Waals surface area contributed by atoms with Crippen molar-refractivity contribution in [3.05, 3.63) is 76.7 Å². The number of esters is 1. The van der Waals surface area contributed by atoms with E-state index in [0.29, 0.717) is 17.2 Å². The second kappa shape index (κ2) is 8.19. The number of rotatable bonds is 5. The Kier molecular flexibility index (Phi) is 5.27. The normalized spacial score (nSPS) is 10.8. The summed E-state index contributed by atoms with van der Waals surface area (Å²) in [5.41, 5.74) is 1.85. The minimum Gasteiger partial charge on any atom is -0.465 e. The summed E-state index contributed by atoms with van der Waals surface area (Å²) >= 11 is 0. The fourth-order valence-corrected chi connectivity index (χ4v) is 3.18. The molecule has 31 heavy (non-hydrogen) atoms. The number of carbonyl (C=O) groups is 2. The molecule has 0 aliphatic carbocycles. The van der Waals surface area contributed by atoms with Crippen molar-refractivity contribution in [2.75, 3.05) is 12.4 Å². The molecule has 1 amide bonds. The van der Waals surface area contributed by atoms with Gasteiger partial charge in [0.15, 0.2) is 5.65 Å². The van der Waals surface area contributed by atoms with Crippen LogP contribution < -0.4 is 11.0 Å². The predicted molar refractivity (Wildman–Crippen MR) is 112 cm³/mol. The zero-order valence-corrected chi connectivity index (χ0v) is 16.8. The van der Waals surface area contributed by atoms with Crippen LogP contribution in [0.5, 0.6) is 0 Å². The highest BCUT2D eigenvalue weighted by Crippen LogP contribution is 2.18. The average molecular weight is 418 g/mol. The van der Waals surface area contributed by atoms with Crippen LogP contribution in [0.1, 0.15) is 16.2 Å². The number of pyridine rings is 1. The van der Waals surface area contributed by atoms with Gasteiger partial charge in [-0.05, 0) is 31.2 Å². The minimum absolute atomic E-state index is 0.211. The first-order chi connectivity index (χ1) is 15.0. The molecular formula is C21H18N6O4.